The Hall–Kier alpha value is -3.21. The summed E-state index contributed by atoms with van der Waals surface area (Å²) in [6.45, 7) is 2.34. The molecule has 24 heavy (non-hydrogen) atoms. The summed E-state index contributed by atoms with van der Waals surface area (Å²) >= 11 is 0. The maximum atomic E-state index is 11.8. The van der Waals surface area contributed by atoms with Crippen molar-refractivity contribution < 1.29 is 9.21 Å². The number of hydrogen-bond donors (Lipinski definition) is 1. The van der Waals surface area contributed by atoms with Gasteiger partial charge in [-0.15, -0.1) is 0 Å². The van der Waals surface area contributed by atoms with E-state index in [2.05, 4.69) is 15.3 Å². The number of hydrogen-bond acceptors (Lipinski definition) is 4. The van der Waals surface area contributed by atoms with E-state index in [4.69, 9.17) is 4.42 Å². The summed E-state index contributed by atoms with van der Waals surface area (Å²) < 4.78 is 5.46. The average molecular weight is 319 g/mol. The first kappa shape index (κ1) is 15.7. The Morgan fingerprint density at radius 2 is 2.08 bits per heavy atom. The lowest BCUT2D eigenvalue weighted by Gasteiger charge is -1.98. The zero-order valence-electron chi connectivity index (χ0n) is 13.3. The predicted octanol–water partition coefficient (Wildman–Crippen LogP) is 3.37. The number of aryl methyl sites for hydroxylation is 1. The first-order valence-corrected chi connectivity index (χ1v) is 7.58. The van der Waals surface area contributed by atoms with E-state index in [1.807, 2.05) is 43.3 Å². The number of amides is 1. The molecule has 0 atom stereocenters. The molecule has 2 heterocycles. The lowest BCUT2D eigenvalue weighted by Crippen LogP contribution is -2.20. The van der Waals surface area contributed by atoms with Crippen molar-refractivity contribution >= 4 is 12.0 Å². The zero-order chi connectivity index (χ0) is 16.8. The fraction of sp³-hybridized carbons (Fsp3) is 0.105. The maximum Gasteiger partial charge on any atom is 0.244 e. The van der Waals surface area contributed by atoms with Crippen LogP contribution in [-0.2, 0) is 11.3 Å². The molecular formula is C19H17N3O2. The van der Waals surface area contributed by atoms with Crippen LogP contribution in [0.25, 0.3) is 17.5 Å². The van der Waals surface area contributed by atoms with Crippen molar-refractivity contribution in [3.63, 3.8) is 0 Å². The molecule has 1 N–H and O–H groups in total. The standard InChI is InChI=1S/C19H17N3O2/c1-14-4-7-16(8-5-14)19-22-17(13-24-19)12-21-18(23)9-6-15-3-2-10-20-11-15/h2-11,13H,12H2,1H3,(H,21,23)/b9-6-. The highest BCUT2D eigenvalue weighted by atomic mass is 16.3. The van der Waals surface area contributed by atoms with Crippen LogP contribution >= 0.6 is 0 Å². The van der Waals surface area contributed by atoms with Crippen LogP contribution in [0.4, 0.5) is 0 Å². The number of pyridine rings is 1. The first-order valence-electron chi connectivity index (χ1n) is 7.58. The molecule has 3 rings (SSSR count). The first-order chi connectivity index (χ1) is 11.7. The third-order valence-corrected chi connectivity index (χ3v) is 3.41. The number of benzene rings is 1. The van der Waals surface area contributed by atoms with E-state index in [9.17, 15) is 4.79 Å². The second-order valence-corrected chi connectivity index (χ2v) is 5.35. The minimum Gasteiger partial charge on any atom is -0.444 e. The molecule has 0 aliphatic heterocycles. The van der Waals surface area contributed by atoms with Crippen molar-refractivity contribution in [2.24, 2.45) is 0 Å². The summed E-state index contributed by atoms with van der Waals surface area (Å²) in [6.07, 6.45) is 8.12. The minimum atomic E-state index is -0.196. The molecule has 1 aromatic carbocycles. The van der Waals surface area contributed by atoms with E-state index in [1.165, 1.54) is 11.6 Å². The summed E-state index contributed by atoms with van der Waals surface area (Å²) in [4.78, 5) is 20.2. The van der Waals surface area contributed by atoms with E-state index >= 15 is 0 Å². The van der Waals surface area contributed by atoms with E-state index < -0.39 is 0 Å². The molecule has 0 bridgehead atoms. The van der Waals surface area contributed by atoms with Gasteiger partial charge in [0.1, 0.15) is 6.26 Å². The number of nitrogens with zero attached hydrogens (tertiary/aromatic N) is 2. The Morgan fingerprint density at radius 3 is 2.83 bits per heavy atom. The summed E-state index contributed by atoms with van der Waals surface area (Å²) in [5.74, 6) is 0.351. The van der Waals surface area contributed by atoms with Crippen molar-refractivity contribution in [2.45, 2.75) is 13.5 Å². The smallest absolute Gasteiger partial charge is 0.244 e. The fourth-order valence-corrected chi connectivity index (χ4v) is 2.10. The van der Waals surface area contributed by atoms with Crippen LogP contribution in [0.1, 0.15) is 16.8 Å². The fourth-order valence-electron chi connectivity index (χ4n) is 2.10. The van der Waals surface area contributed by atoms with Crippen LogP contribution < -0.4 is 5.32 Å². The zero-order valence-corrected chi connectivity index (χ0v) is 13.3. The van der Waals surface area contributed by atoms with Gasteiger partial charge in [0, 0.05) is 24.0 Å². The third kappa shape index (κ3) is 4.16. The van der Waals surface area contributed by atoms with Crippen LogP contribution in [0.5, 0.6) is 0 Å². The number of nitrogens with one attached hydrogen (secondary N) is 1. The van der Waals surface area contributed by atoms with Crippen molar-refractivity contribution in [3.8, 4) is 11.5 Å². The van der Waals surface area contributed by atoms with Gasteiger partial charge in [0.15, 0.2) is 0 Å². The normalized spacial score (nSPS) is 10.9. The van der Waals surface area contributed by atoms with Crippen LogP contribution in [0.15, 0.2) is 65.5 Å². The molecular weight excluding hydrogens is 302 g/mol. The minimum absolute atomic E-state index is 0.196. The second kappa shape index (κ2) is 7.37. The predicted molar refractivity (Wildman–Crippen MR) is 91.8 cm³/mol. The maximum absolute atomic E-state index is 11.8. The highest BCUT2D eigenvalue weighted by molar-refractivity contribution is 5.91. The highest BCUT2D eigenvalue weighted by Gasteiger charge is 2.07. The van der Waals surface area contributed by atoms with Gasteiger partial charge < -0.3 is 9.73 Å². The number of carbonyl (C=O) groups excluding carboxylic acids is 1. The van der Waals surface area contributed by atoms with Crippen molar-refractivity contribution in [1.82, 2.24) is 15.3 Å². The highest BCUT2D eigenvalue weighted by Crippen LogP contribution is 2.18. The monoisotopic (exact) mass is 319 g/mol. The van der Waals surface area contributed by atoms with Gasteiger partial charge in [-0.2, -0.15) is 0 Å². The van der Waals surface area contributed by atoms with Gasteiger partial charge in [0.25, 0.3) is 0 Å². The van der Waals surface area contributed by atoms with Crippen LogP contribution in [0.2, 0.25) is 0 Å². The molecule has 0 saturated carbocycles. The summed E-state index contributed by atoms with van der Waals surface area (Å²) in [7, 11) is 0. The molecule has 120 valence electrons. The van der Waals surface area contributed by atoms with Gasteiger partial charge in [-0.1, -0.05) is 23.8 Å². The Labute approximate surface area is 140 Å². The van der Waals surface area contributed by atoms with E-state index in [0.29, 0.717) is 18.1 Å². The van der Waals surface area contributed by atoms with Gasteiger partial charge in [0.05, 0.1) is 12.2 Å². The Balaban J connectivity index is 1.56. The average Bonchev–Trinajstić information content (AvgIpc) is 3.09. The van der Waals surface area contributed by atoms with Gasteiger partial charge in [-0.25, -0.2) is 4.98 Å². The number of oxazole rings is 1. The molecule has 0 spiro atoms. The van der Waals surface area contributed by atoms with Crippen LogP contribution in [0.3, 0.4) is 0 Å². The number of carbonyl (C=O) groups is 1. The molecule has 0 unspecified atom stereocenters. The quantitative estimate of drug-likeness (QED) is 0.732. The topological polar surface area (TPSA) is 68.0 Å². The summed E-state index contributed by atoms with van der Waals surface area (Å²) in [6, 6.07) is 11.6. The van der Waals surface area contributed by atoms with Gasteiger partial charge in [-0.3, -0.25) is 9.78 Å². The second-order valence-electron chi connectivity index (χ2n) is 5.35. The van der Waals surface area contributed by atoms with Crippen molar-refractivity contribution in [2.75, 3.05) is 0 Å². The molecule has 1 amide bonds. The Kier molecular flexibility index (Phi) is 4.81. The lowest BCUT2D eigenvalue weighted by molar-refractivity contribution is -0.116. The Morgan fingerprint density at radius 1 is 1.25 bits per heavy atom. The molecule has 0 fully saturated rings. The van der Waals surface area contributed by atoms with Crippen molar-refractivity contribution in [1.29, 1.82) is 0 Å². The molecule has 2 aromatic heterocycles. The summed E-state index contributed by atoms with van der Waals surface area (Å²) in [5.41, 5.74) is 3.64. The number of rotatable bonds is 5. The molecule has 5 heteroatoms. The molecule has 0 radical (unpaired) electrons. The van der Waals surface area contributed by atoms with E-state index in [0.717, 1.165) is 11.1 Å². The Bertz CT molecular complexity index is 837. The van der Waals surface area contributed by atoms with E-state index in [1.54, 1.807) is 24.7 Å². The SMILES string of the molecule is Cc1ccc(-c2nc(CNC(=O)/C=C\c3cccnc3)co2)cc1. The lowest BCUT2D eigenvalue weighted by atomic mass is 10.1. The molecule has 0 aliphatic carbocycles. The van der Waals surface area contributed by atoms with Gasteiger partial charge in [-0.05, 0) is 36.8 Å². The summed E-state index contributed by atoms with van der Waals surface area (Å²) in [5, 5.41) is 2.77. The van der Waals surface area contributed by atoms with Crippen molar-refractivity contribution in [3.05, 3.63) is 78.0 Å². The van der Waals surface area contributed by atoms with Crippen LogP contribution in [0, 0.1) is 6.92 Å². The number of aromatic nitrogens is 2. The molecule has 3 aromatic rings. The van der Waals surface area contributed by atoms with Crippen LogP contribution in [-0.4, -0.2) is 15.9 Å². The molecule has 0 saturated heterocycles. The van der Waals surface area contributed by atoms with Gasteiger partial charge in [0.2, 0.25) is 11.8 Å². The van der Waals surface area contributed by atoms with E-state index in [-0.39, 0.29) is 5.91 Å². The largest absolute Gasteiger partial charge is 0.444 e. The third-order valence-electron chi connectivity index (χ3n) is 3.41. The van der Waals surface area contributed by atoms with Gasteiger partial charge >= 0.3 is 0 Å². The molecule has 5 nitrogen and oxygen atoms in total. The molecule has 0 aliphatic rings.